The normalized spacial score (nSPS) is 10.7. The number of hydrogen-bond acceptors (Lipinski definition) is 6. The maximum Gasteiger partial charge on any atom is 0.292 e. The molecule has 0 aliphatic rings. The van der Waals surface area contributed by atoms with Gasteiger partial charge in [-0.25, -0.2) is 5.43 Å². The van der Waals surface area contributed by atoms with Crippen molar-refractivity contribution >= 4 is 23.5 Å². The lowest BCUT2D eigenvalue weighted by atomic mass is 10.2. The number of nitrogens with zero attached hydrogens (tertiary/aromatic N) is 2. The predicted octanol–water partition coefficient (Wildman–Crippen LogP) is 2.61. The molecule has 0 fully saturated rings. The number of benzene rings is 1. The Balaban J connectivity index is 2.11. The molecule has 120 valence electrons. The van der Waals surface area contributed by atoms with Crippen LogP contribution in [0.4, 0.5) is 11.4 Å². The monoisotopic (exact) mass is 316 g/mol. The summed E-state index contributed by atoms with van der Waals surface area (Å²) in [5.41, 5.74) is 3.60. The largest absolute Gasteiger partial charge is 0.466 e. The molecule has 0 saturated carbocycles. The van der Waals surface area contributed by atoms with Crippen LogP contribution in [0.1, 0.15) is 27.4 Å². The molecular weight excluding hydrogens is 300 g/mol. The molecule has 0 radical (unpaired) electrons. The number of amides is 1. The highest BCUT2D eigenvalue weighted by Gasteiger charge is 2.14. The van der Waals surface area contributed by atoms with E-state index in [2.05, 4.69) is 15.8 Å². The summed E-state index contributed by atoms with van der Waals surface area (Å²) in [6.07, 6.45) is 1.34. The fourth-order valence-electron chi connectivity index (χ4n) is 2.07. The molecule has 0 unspecified atom stereocenters. The Labute approximate surface area is 132 Å². The summed E-state index contributed by atoms with van der Waals surface area (Å²) in [5, 5.41) is 17.5. The van der Waals surface area contributed by atoms with Crippen LogP contribution in [0.3, 0.4) is 0 Å². The average molecular weight is 316 g/mol. The number of hydrazone groups is 1. The van der Waals surface area contributed by atoms with E-state index in [0.29, 0.717) is 28.3 Å². The van der Waals surface area contributed by atoms with Crippen LogP contribution >= 0.6 is 0 Å². The number of nitrogens with one attached hydrogen (secondary N) is 2. The summed E-state index contributed by atoms with van der Waals surface area (Å²) in [4.78, 5) is 22.4. The maximum absolute atomic E-state index is 11.9. The van der Waals surface area contributed by atoms with Crippen molar-refractivity contribution in [1.29, 1.82) is 0 Å². The third-order valence-electron chi connectivity index (χ3n) is 3.15. The Hall–Kier alpha value is -3.16. The third kappa shape index (κ3) is 3.73. The zero-order chi connectivity index (χ0) is 17.0. The van der Waals surface area contributed by atoms with E-state index in [4.69, 9.17) is 4.42 Å². The molecule has 0 aliphatic carbocycles. The lowest BCUT2D eigenvalue weighted by Crippen LogP contribution is -2.17. The summed E-state index contributed by atoms with van der Waals surface area (Å²) < 4.78 is 5.27. The van der Waals surface area contributed by atoms with Crippen molar-refractivity contribution in [2.75, 3.05) is 12.4 Å². The molecule has 1 aromatic heterocycles. The molecule has 2 N–H and O–H groups in total. The molecule has 0 aliphatic heterocycles. The van der Waals surface area contributed by atoms with E-state index < -0.39 is 10.8 Å². The number of nitro groups is 1. The second-order valence-electron chi connectivity index (χ2n) is 4.81. The summed E-state index contributed by atoms with van der Waals surface area (Å²) in [6, 6.07) is 6.22. The van der Waals surface area contributed by atoms with E-state index in [9.17, 15) is 14.9 Å². The van der Waals surface area contributed by atoms with Crippen molar-refractivity contribution < 1.29 is 14.1 Å². The van der Waals surface area contributed by atoms with Crippen LogP contribution in [0.2, 0.25) is 0 Å². The van der Waals surface area contributed by atoms with Crippen molar-refractivity contribution in [3.63, 3.8) is 0 Å². The zero-order valence-corrected chi connectivity index (χ0v) is 12.9. The number of carbonyl (C=O) groups is 1. The van der Waals surface area contributed by atoms with Crippen LogP contribution in [-0.2, 0) is 0 Å². The number of furan rings is 1. The van der Waals surface area contributed by atoms with Gasteiger partial charge in [-0.1, -0.05) is 6.07 Å². The minimum atomic E-state index is -0.487. The first-order valence-corrected chi connectivity index (χ1v) is 6.79. The third-order valence-corrected chi connectivity index (χ3v) is 3.15. The van der Waals surface area contributed by atoms with Gasteiger partial charge in [0.25, 0.3) is 11.6 Å². The van der Waals surface area contributed by atoms with Gasteiger partial charge in [-0.3, -0.25) is 14.9 Å². The molecule has 2 rings (SSSR count). The Morgan fingerprint density at radius 2 is 2.09 bits per heavy atom. The smallest absolute Gasteiger partial charge is 0.292 e. The maximum atomic E-state index is 11.9. The van der Waals surface area contributed by atoms with Gasteiger partial charge in [0.05, 0.1) is 16.7 Å². The first-order chi connectivity index (χ1) is 10.9. The minimum Gasteiger partial charge on any atom is -0.466 e. The SMILES string of the molecule is CNc1ccc(/C=N/NC(=O)c2cc(C)oc2C)cc1[N+](=O)[O-]. The van der Waals surface area contributed by atoms with Crippen LogP contribution in [0.25, 0.3) is 0 Å². The number of nitro benzene ring substituents is 1. The van der Waals surface area contributed by atoms with Crippen molar-refractivity contribution in [2.24, 2.45) is 5.10 Å². The van der Waals surface area contributed by atoms with Gasteiger partial charge in [-0.05, 0) is 26.0 Å². The standard InChI is InChI=1S/C15H16N4O4/c1-9-6-12(10(2)23-9)15(20)18-17-8-11-4-5-13(16-3)14(7-11)19(21)22/h4-8,16H,1-3H3,(H,18,20)/b17-8+. The number of carbonyl (C=O) groups excluding carboxylic acids is 1. The molecule has 1 amide bonds. The van der Waals surface area contributed by atoms with Gasteiger partial charge < -0.3 is 9.73 Å². The molecule has 8 nitrogen and oxygen atoms in total. The van der Waals surface area contributed by atoms with Crippen LogP contribution in [-0.4, -0.2) is 24.1 Å². The van der Waals surface area contributed by atoms with E-state index >= 15 is 0 Å². The number of rotatable bonds is 5. The van der Waals surface area contributed by atoms with Crippen LogP contribution < -0.4 is 10.7 Å². The zero-order valence-electron chi connectivity index (χ0n) is 12.9. The predicted molar refractivity (Wildman–Crippen MR) is 85.9 cm³/mol. The summed E-state index contributed by atoms with van der Waals surface area (Å²) in [6.45, 7) is 3.43. The van der Waals surface area contributed by atoms with Crippen molar-refractivity contribution in [3.8, 4) is 0 Å². The summed E-state index contributed by atoms with van der Waals surface area (Å²) in [5.74, 6) is 0.732. The Kier molecular flexibility index (Phi) is 4.75. The van der Waals surface area contributed by atoms with E-state index in [-0.39, 0.29) is 5.69 Å². The highest BCUT2D eigenvalue weighted by molar-refractivity contribution is 5.96. The lowest BCUT2D eigenvalue weighted by molar-refractivity contribution is -0.383. The van der Waals surface area contributed by atoms with Gasteiger partial charge >= 0.3 is 0 Å². The second kappa shape index (κ2) is 6.73. The fourth-order valence-corrected chi connectivity index (χ4v) is 2.07. The first kappa shape index (κ1) is 16.2. The molecular formula is C15H16N4O4. The van der Waals surface area contributed by atoms with Gasteiger partial charge in [-0.2, -0.15) is 5.10 Å². The molecule has 0 saturated heterocycles. The van der Waals surface area contributed by atoms with E-state index in [1.165, 1.54) is 12.3 Å². The topological polar surface area (TPSA) is 110 Å². The van der Waals surface area contributed by atoms with Crippen molar-refractivity contribution in [3.05, 3.63) is 57.0 Å². The fraction of sp³-hybridized carbons (Fsp3) is 0.200. The molecule has 1 aromatic carbocycles. The van der Waals surface area contributed by atoms with E-state index in [1.54, 1.807) is 39.1 Å². The lowest BCUT2D eigenvalue weighted by Gasteiger charge is -2.02. The van der Waals surface area contributed by atoms with Gasteiger partial charge in [-0.15, -0.1) is 0 Å². The average Bonchev–Trinajstić information content (AvgIpc) is 2.85. The van der Waals surface area contributed by atoms with Gasteiger partial charge in [0.1, 0.15) is 17.2 Å². The highest BCUT2D eigenvalue weighted by atomic mass is 16.6. The number of aryl methyl sites for hydroxylation is 2. The number of hydrogen-bond donors (Lipinski definition) is 2. The van der Waals surface area contributed by atoms with Crippen molar-refractivity contribution in [1.82, 2.24) is 5.43 Å². The number of anilines is 1. The van der Waals surface area contributed by atoms with E-state index in [0.717, 1.165) is 0 Å². The van der Waals surface area contributed by atoms with Crippen LogP contribution in [0.15, 0.2) is 33.8 Å². The Morgan fingerprint density at radius 1 is 1.35 bits per heavy atom. The first-order valence-electron chi connectivity index (χ1n) is 6.79. The van der Waals surface area contributed by atoms with Crippen molar-refractivity contribution in [2.45, 2.75) is 13.8 Å². The summed E-state index contributed by atoms with van der Waals surface area (Å²) in [7, 11) is 1.60. The van der Waals surface area contributed by atoms with Gasteiger partial charge in [0, 0.05) is 18.7 Å². The summed E-state index contributed by atoms with van der Waals surface area (Å²) >= 11 is 0. The Morgan fingerprint density at radius 3 is 2.65 bits per heavy atom. The van der Waals surface area contributed by atoms with Gasteiger partial charge in [0.15, 0.2) is 0 Å². The molecule has 2 aromatic rings. The van der Waals surface area contributed by atoms with Crippen LogP contribution in [0, 0.1) is 24.0 Å². The molecule has 8 heteroatoms. The molecule has 1 heterocycles. The molecule has 0 spiro atoms. The highest BCUT2D eigenvalue weighted by Crippen LogP contribution is 2.24. The Bertz CT molecular complexity index is 780. The van der Waals surface area contributed by atoms with Crippen LogP contribution in [0.5, 0.6) is 0 Å². The molecule has 0 bridgehead atoms. The quantitative estimate of drug-likeness (QED) is 0.500. The second-order valence-corrected chi connectivity index (χ2v) is 4.81. The molecule has 0 atom stereocenters. The minimum absolute atomic E-state index is 0.0657. The molecule has 23 heavy (non-hydrogen) atoms. The van der Waals surface area contributed by atoms with Gasteiger partial charge in [0.2, 0.25) is 0 Å². The van der Waals surface area contributed by atoms with E-state index in [1.807, 2.05) is 0 Å².